The van der Waals surface area contributed by atoms with E-state index in [1.807, 2.05) is 18.2 Å². The van der Waals surface area contributed by atoms with E-state index in [9.17, 15) is 9.59 Å². The number of ether oxygens (including phenoxy) is 2. The second-order valence-corrected chi connectivity index (χ2v) is 7.52. The smallest absolute Gasteiger partial charge is 0.311 e. The molecular weight excluding hydrogens is 423 g/mol. The number of halogens is 2. The average molecular weight is 443 g/mol. The molecule has 0 aliphatic carbocycles. The molecular formula is C24H20Cl2O4. The number of hydrogen-bond acceptors (Lipinski definition) is 4. The van der Waals surface area contributed by atoms with Crippen molar-refractivity contribution in [2.75, 3.05) is 6.61 Å². The van der Waals surface area contributed by atoms with Crippen molar-refractivity contribution < 1.29 is 19.1 Å². The molecule has 0 spiro atoms. The molecule has 154 valence electrons. The molecule has 0 bridgehead atoms. The third-order valence-electron chi connectivity index (χ3n) is 4.37. The van der Waals surface area contributed by atoms with E-state index in [1.165, 1.54) is 0 Å². The molecule has 0 N–H and O–H groups in total. The second-order valence-electron chi connectivity index (χ2n) is 6.68. The Labute approximate surface area is 185 Å². The topological polar surface area (TPSA) is 52.6 Å². The molecule has 0 radical (unpaired) electrons. The molecule has 0 amide bonds. The van der Waals surface area contributed by atoms with Crippen LogP contribution in [0.15, 0.2) is 66.7 Å². The van der Waals surface area contributed by atoms with Gasteiger partial charge in [0.15, 0.2) is 5.78 Å². The lowest BCUT2D eigenvalue weighted by atomic mass is 10.0. The van der Waals surface area contributed by atoms with E-state index in [1.54, 1.807) is 55.5 Å². The SMILES string of the molecule is Cc1cc(C(=O)c2ccccc2)ccc1OC(=O)CCCOc1ccc(Cl)cc1Cl. The van der Waals surface area contributed by atoms with E-state index in [0.29, 0.717) is 51.3 Å². The van der Waals surface area contributed by atoms with Gasteiger partial charge in [0.1, 0.15) is 11.5 Å². The maximum Gasteiger partial charge on any atom is 0.311 e. The highest BCUT2D eigenvalue weighted by Gasteiger charge is 2.13. The Morgan fingerprint density at radius 2 is 1.60 bits per heavy atom. The van der Waals surface area contributed by atoms with Crippen LogP contribution in [0.1, 0.15) is 34.3 Å². The number of carbonyl (C=O) groups excluding carboxylic acids is 2. The standard InChI is InChI=1S/C24H20Cl2O4/c1-16-14-18(24(28)17-6-3-2-4-7-17)9-11-21(16)30-23(27)8-5-13-29-22-12-10-19(25)15-20(22)26/h2-4,6-7,9-12,14-15H,5,8,13H2,1H3. The molecule has 4 nitrogen and oxygen atoms in total. The molecule has 0 fully saturated rings. The predicted octanol–water partition coefficient (Wildman–Crippen LogP) is 6.30. The van der Waals surface area contributed by atoms with Crippen molar-refractivity contribution in [3.8, 4) is 11.5 Å². The summed E-state index contributed by atoms with van der Waals surface area (Å²) in [6.45, 7) is 2.12. The van der Waals surface area contributed by atoms with Crippen LogP contribution < -0.4 is 9.47 Å². The summed E-state index contributed by atoms with van der Waals surface area (Å²) in [5.74, 6) is 0.510. The Balaban J connectivity index is 1.51. The highest BCUT2D eigenvalue weighted by atomic mass is 35.5. The minimum Gasteiger partial charge on any atom is -0.492 e. The Bertz CT molecular complexity index is 1050. The van der Waals surface area contributed by atoms with Gasteiger partial charge in [-0.1, -0.05) is 53.5 Å². The third-order valence-corrected chi connectivity index (χ3v) is 4.90. The summed E-state index contributed by atoms with van der Waals surface area (Å²) in [7, 11) is 0. The number of rotatable bonds is 8. The molecule has 30 heavy (non-hydrogen) atoms. The lowest BCUT2D eigenvalue weighted by Gasteiger charge is -2.10. The van der Waals surface area contributed by atoms with Crippen LogP contribution in [0.2, 0.25) is 10.0 Å². The minimum atomic E-state index is -0.369. The van der Waals surface area contributed by atoms with Crippen LogP contribution in [0.25, 0.3) is 0 Å². The van der Waals surface area contributed by atoms with Gasteiger partial charge >= 0.3 is 5.97 Å². The fourth-order valence-corrected chi connectivity index (χ4v) is 3.29. The fraction of sp³-hybridized carbons (Fsp3) is 0.167. The molecule has 0 saturated heterocycles. The van der Waals surface area contributed by atoms with Crippen molar-refractivity contribution in [2.24, 2.45) is 0 Å². The Hall–Kier alpha value is -2.82. The zero-order valence-corrected chi connectivity index (χ0v) is 17.9. The molecule has 3 aromatic carbocycles. The van der Waals surface area contributed by atoms with E-state index in [-0.39, 0.29) is 18.2 Å². The molecule has 6 heteroatoms. The molecule has 0 aromatic heterocycles. The highest BCUT2D eigenvalue weighted by Crippen LogP contribution is 2.27. The first-order valence-electron chi connectivity index (χ1n) is 9.43. The van der Waals surface area contributed by atoms with Crippen molar-refractivity contribution >= 4 is 35.0 Å². The molecule has 0 atom stereocenters. The molecule has 3 aromatic rings. The van der Waals surface area contributed by atoms with Gasteiger partial charge in [-0.15, -0.1) is 0 Å². The highest BCUT2D eigenvalue weighted by molar-refractivity contribution is 6.35. The van der Waals surface area contributed by atoms with Crippen LogP contribution in [0.5, 0.6) is 11.5 Å². The van der Waals surface area contributed by atoms with E-state index in [4.69, 9.17) is 32.7 Å². The lowest BCUT2D eigenvalue weighted by Crippen LogP contribution is -2.11. The van der Waals surface area contributed by atoms with E-state index < -0.39 is 0 Å². The van der Waals surface area contributed by atoms with Gasteiger partial charge in [0, 0.05) is 22.6 Å². The molecule has 0 aliphatic heterocycles. The normalized spacial score (nSPS) is 10.5. The van der Waals surface area contributed by atoms with Gasteiger partial charge in [-0.05, 0) is 55.3 Å². The summed E-state index contributed by atoms with van der Waals surface area (Å²) >= 11 is 11.9. The van der Waals surface area contributed by atoms with Crippen molar-refractivity contribution in [3.05, 3.63) is 93.5 Å². The quantitative estimate of drug-likeness (QED) is 0.178. The number of hydrogen-bond donors (Lipinski definition) is 0. The van der Waals surface area contributed by atoms with Crippen molar-refractivity contribution in [3.63, 3.8) is 0 Å². The van der Waals surface area contributed by atoms with E-state index >= 15 is 0 Å². The predicted molar refractivity (Wildman–Crippen MR) is 118 cm³/mol. The minimum absolute atomic E-state index is 0.0745. The van der Waals surface area contributed by atoms with Crippen LogP contribution in [0, 0.1) is 6.92 Å². The monoisotopic (exact) mass is 442 g/mol. The van der Waals surface area contributed by atoms with Gasteiger partial charge in [-0.25, -0.2) is 0 Å². The van der Waals surface area contributed by atoms with Crippen LogP contribution >= 0.6 is 23.2 Å². The number of aryl methyl sites for hydroxylation is 1. The third kappa shape index (κ3) is 5.85. The Kier molecular flexibility index (Phi) is 7.50. The van der Waals surface area contributed by atoms with Crippen LogP contribution in [0.3, 0.4) is 0 Å². The second kappa shape index (κ2) is 10.3. The summed E-state index contributed by atoms with van der Waals surface area (Å²) in [5, 5.41) is 0.952. The fourth-order valence-electron chi connectivity index (χ4n) is 2.83. The Morgan fingerprint density at radius 1 is 0.867 bits per heavy atom. The summed E-state index contributed by atoms with van der Waals surface area (Å²) in [6.07, 6.45) is 0.663. The molecule has 0 heterocycles. The van der Waals surface area contributed by atoms with Crippen molar-refractivity contribution in [1.82, 2.24) is 0 Å². The van der Waals surface area contributed by atoms with Gasteiger partial charge in [0.25, 0.3) is 0 Å². The maximum absolute atomic E-state index is 12.5. The molecule has 3 rings (SSSR count). The van der Waals surface area contributed by atoms with Gasteiger partial charge in [-0.2, -0.15) is 0 Å². The van der Waals surface area contributed by atoms with Gasteiger partial charge < -0.3 is 9.47 Å². The molecule has 0 unspecified atom stereocenters. The average Bonchev–Trinajstić information content (AvgIpc) is 2.74. The molecule has 0 saturated carbocycles. The van der Waals surface area contributed by atoms with E-state index in [2.05, 4.69) is 0 Å². The number of ketones is 1. The first-order valence-corrected chi connectivity index (χ1v) is 10.2. The molecule has 0 aliphatic rings. The van der Waals surface area contributed by atoms with E-state index in [0.717, 1.165) is 0 Å². The first kappa shape index (κ1) is 21.9. The zero-order chi connectivity index (χ0) is 21.5. The first-order chi connectivity index (χ1) is 14.4. The van der Waals surface area contributed by atoms with Gasteiger partial charge in [-0.3, -0.25) is 9.59 Å². The summed E-state index contributed by atoms with van der Waals surface area (Å²) in [4.78, 5) is 24.7. The number of esters is 1. The summed E-state index contributed by atoms with van der Waals surface area (Å²) < 4.78 is 11.0. The zero-order valence-electron chi connectivity index (χ0n) is 16.4. The maximum atomic E-state index is 12.5. The summed E-state index contributed by atoms with van der Waals surface area (Å²) in [6, 6.07) is 19.0. The largest absolute Gasteiger partial charge is 0.492 e. The lowest BCUT2D eigenvalue weighted by molar-refractivity contribution is -0.134. The van der Waals surface area contributed by atoms with Gasteiger partial charge in [0.05, 0.1) is 11.6 Å². The Morgan fingerprint density at radius 3 is 2.30 bits per heavy atom. The van der Waals surface area contributed by atoms with Crippen LogP contribution in [-0.2, 0) is 4.79 Å². The van der Waals surface area contributed by atoms with Gasteiger partial charge in [0.2, 0.25) is 0 Å². The van der Waals surface area contributed by atoms with Crippen molar-refractivity contribution in [2.45, 2.75) is 19.8 Å². The van der Waals surface area contributed by atoms with Crippen LogP contribution in [-0.4, -0.2) is 18.4 Å². The summed E-state index contributed by atoms with van der Waals surface area (Å²) in [5.41, 5.74) is 1.88. The van der Waals surface area contributed by atoms with Crippen molar-refractivity contribution in [1.29, 1.82) is 0 Å². The van der Waals surface area contributed by atoms with Crippen LogP contribution in [0.4, 0.5) is 0 Å². The number of carbonyl (C=O) groups is 2. The number of benzene rings is 3.